The highest BCUT2D eigenvalue weighted by atomic mass is 79.9. The van der Waals surface area contributed by atoms with Gasteiger partial charge in [0.25, 0.3) is 10.0 Å². The van der Waals surface area contributed by atoms with Crippen LogP contribution in [0.15, 0.2) is 32.4 Å². The van der Waals surface area contributed by atoms with Crippen molar-refractivity contribution in [1.82, 2.24) is 9.71 Å². The molecule has 1 aromatic carbocycles. The van der Waals surface area contributed by atoms with E-state index < -0.39 is 31.7 Å². The maximum Gasteiger partial charge on any atom is 0.356 e. The van der Waals surface area contributed by atoms with Gasteiger partial charge in [0.05, 0.1) is 5.51 Å². The molecular weight excluding hydrogens is 387 g/mol. The van der Waals surface area contributed by atoms with Gasteiger partial charge in [-0.1, -0.05) is 15.9 Å². The minimum absolute atomic E-state index is 0.134. The fourth-order valence-corrected chi connectivity index (χ4v) is 4.08. The van der Waals surface area contributed by atoms with Crippen LogP contribution in [0.5, 0.6) is 0 Å². The van der Waals surface area contributed by atoms with Crippen LogP contribution in [-0.4, -0.2) is 24.5 Å². The van der Waals surface area contributed by atoms with Crippen LogP contribution in [0.3, 0.4) is 0 Å². The number of aromatic nitrogens is 1. The Morgan fingerprint density at radius 3 is 2.86 bits per heavy atom. The zero-order chi connectivity index (χ0) is 15.6. The Morgan fingerprint density at radius 2 is 2.19 bits per heavy atom. The first-order valence-corrected chi connectivity index (χ1v) is 8.57. The Balaban J connectivity index is 2.24. The van der Waals surface area contributed by atoms with Crippen LogP contribution in [0.4, 0.5) is 4.39 Å². The molecule has 0 radical (unpaired) electrons. The second-order valence-electron chi connectivity index (χ2n) is 3.85. The number of carboxylic acids is 1. The molecule has 0 spiro atoms. The number of nitrogens with zero attached hydrogens (tertiary/aromatic N) is 1. The number of thiazole rings is 1. The van der Waals surface area contributed by atoms with Gasteiger partial charge in [-0.3, -0.25) is 0 Å². The molecule has 10 heteroatoms. The van der Waals surface area contributed by atoms with Gasteiger partial charge in [0, 0.05) is 16.6 Å². The molecule has 2 N–H and O–H groups in total. The molecule has 0 amide bonds. The maximum atomic E-state index is 13.5. The highest BCUT2D eigenvalue weighted by molar-refractivity contribution is 9.10. The number of hydrogen-bond donors (Lipinski definition) is 2. The van der Waals surface area contributed by atoms with Crippen molar-refractivity contribution in [2.24, 2.45) is 0 Å². The lowest BCUT2D eigenvalue weighted by Gasteiger charge is -2.07. The van der Waals surface area contributed by atoms with Gasteiger partial charge in [-0.15, -0.1) is 11.3 Å². The second kappa shape index (κ2) is 6.18. The quantitative estimate of drug-likeness (QED) is 0.810. The first-order chi connectivity index (χ1) is 9.81. The minimum atomic E-state index is -4.08. The van der Waals surface area contributed by atoms with Crippen molar-refractivity contribution in [1.29, 1.82) is 0 Å². The Morgan fingerprint density at radius 1 is 1.48 bits per heavy atom. The molecule has 0 aliphatic rings. The predicted octanol–water partition coefficient (Wildman–Crippen LogP) is 2.22. The summed E-state index contributed by atoms with van der Waals surface area (Å²) in [6.45, 7) is -0.301. The van der Waals surface area contributed by atoms with Crippen LogP contribution in [0.1, 0.15) is 16.1 Å². The van der Waals surface area contributed by atoms with Gasteiger partial charge in [0.1, 0.15) is 5.82 Å². The van der Waals surface area contributed by atoms with Crippen molar-refractivity contribution in [3.63, 3.8) is 0 Å². The third-order valence-electron chi connectivity index (χ3n) is 2.44. The topological polar surface area (TPSA) is 96.4 Å². The summed E-state index contributed by atoms with van der Waals surface area (Å²) in [5.41, 5.74) is 0.703. The Kier molecular flexibility index (Phi) is 4.71. The number of carbonyl (C=O) groups is 1. The summed E-state index contributed by atoms with van der Waals surface area (Å²) in [4.78, 5) is 14.4. The molecule has 112 valence electrons. The lowest BCUT2D eigenvalue weighted by molar-refractivity contribution is 0.0687. The molecular formula is C11H8BrFN2O4S2. The molecule has 1 aromatic heterocycles. The van der Waals surface area contributed by atoms with E-state index in [1.54, 1.807) is 0 Å². The van der Waals surface area contributed by atoms with E-state index in [4.69, 9.17) is 5.11 Å². The highest BCUT2D eigenvalue weighted by Crippen LogP contribution is 2.21. The minimum Gasteiger partial charge on any atom is -0.476 e. The predicted molar refractivity (Wildman–Crippen MR) is 77.2 cm³/mol. The fourth-order valence-electron chi connectivity index (χ4n) is 1.49. The van der Waals surface area contributed by atoms with E-state index in [-0.39, 0.29) is 12.1 Å². The van der Waals surface area contributed by atoms with Gasteiger partial charge < -0.3 is 5.11 Å². The number of carboxylic acid groups (broad SMARTS) is 1. The summed E-state index contributed by atoms with van der Waals surface area (Å²) in [6, 6.07) is 4.12. The number of halogens is 2. The maximum absolute atomic E-state index is 13.5. The van der Waals surface area contributed by atoms with Crippen molar-refractivity contribution in [2.75, 3.05) is 0 Å². The van der Waals surface area contributed by atoms with E-state index in [9.17, 15) is 17.6 Å². The van der Waals surface area contributed by atoms with Gasteiger partial charge >= 0.3 is 5.97 Å². The fraction of sp³-hybridized carbons (Fsp3) is 0.0909. The lowest BCUT2D eigenvalue weighted by Crippen LogP contribution is -2.24. The molecule has 2 aromatic rings. The van der Waals surface area contributed by atoms with E-state index in [2.05, 4.69) is 25.6 Å². The van der Waals surface area contributed by atoms with E-state index in [1.807, 2.05) is 0 Å². The Bertz CT molecular complexity index is 791. The van der Waals surface area contributed by atoms with Crippen LogP contribution >= 0.6 is 27.3 Å². The molecule has 0 unspecified atom stereocenters. The Hall–Kier alpha value is -1.36. The normalized spacial score (nSPS) is 11.5. The number of sulfonamides is 1. The molecule has 0 saturated heterocycles. The van der Waals surface area contributed by atoms with E-state index in [0.29, 0.717) is 15.8 Å². The summed E-state index contributed by atoms with van der Waals surface area (Å²) in [5, 5.41) is 8.87. The molecule has 0 aliphatic carbocycles. The molecule has 2 rings (SSSR count). The summed E-state index contributed by atoms with van der Waals surface area (Å²) in [7, 11) is -4.08. The first-order valence-electron chi connectivity index (χ1n) is 5.41. The number of aromatic carboxylic acids is 1. The zero-order valence-electron chi connectivity index (χ0n) is 10.2. The van der Waals surface area contributed by atoms with Crippen LogP contribution in [-0.2, 0) is 16.6 Å². The molecule has 0 saturated carbocycles. The van der Waals surface area contributed by atoms with Gasteiger partial charge in [0.2, 0.25) is 0 Å². The lowest BCUT2D eigenvalue weighted by atomic mass is 10.2. The SMILES string of the molecule is O=C(O)c1ncsc1S(=O)(=O)NCc1cc(Br)ccc1F. The van der Waals surface area contributed by atoms with E-state index in [1.165, 1.54) is 18.2 Å². The molecule has 0 aliphatic heterocycles. The van der Waals surface area contributed by atoms with Crippen molar-refractivity contribution in [3.05, 3.63) is 45.3 Å². The number of hydrogen-bond acceptors (Lipinski definition) is 5. The average molecular weight is 395 g/mol. The summed E-state index contributed by atoms with van der Waals surface area (Å²) >= 11 is 3.84. The van der Waals surface area contributed by atoms with Gasteiger partial charge in [-0.25, -0.2) is 27.3 Å². The van der Waals surface area contributed by atoms with Gasteiger partial charge in [-0.2, -0.15) is 0 Å². The van der Waals surface area contributed by atoms with Gasteiger partial charge in [0.15, 0.2) is 9.90 Å². The molecule has 1 heterocycles. The summed E-state index contributed by atoms with van der Waals surface area (Å²) < 4.78 is 40.0. The largest absolute Gasteiger partial charge is 0.476 e. The van der Waals surface area contributed by atoms with Crippen LogP contribution in [0, 0.1) is 5.82 Å². The van der Waals surface area contributed by atoms with E-state index in [0.717, 1.165) is 5.51 Å². The molecule has 6 nitrogen and oxygen atoms in total. The molecule has 0 bridgehead atoms. The van der Waals surface area contributed by atoms with Crippen molar-refractivity contribution < 1.29 is 22.7 Å². The number of nitrogens with one attached hydrogen (secondary N) is 1. The summed E-state index contributed by atoms with van der Waals surface area (Å²) in [6.07, 6.45) is 0. The van der Waals surface area contributed by atoms with Crippen molar-refractivity contribution in [3.8, 4) is 0 Å². The standard InChI is InChI=1S/C11H8BrFN2O4S2/c12-7-1-2-8(13)6(3-7)4-15-21(18,19)11-9(10(16)17)14-5-20-11/h1-3,5,15H,4H2,(H,16,17). The monoisotopic (exact) mass is 394 g/mol. The third kappa shape index (κ3) is 3.64. The smallest absolute Gasteiger partial charge is 0.356 e. The summed E-state index contributed by atoms with van der Waals surface area (Å²) in [5.74, 6) is -2.01. The van der Waals surface area contributed by atoms with Crippen LogP contribution in [0.2, 0.25) is 0 Å². The number of rotatable bonds is 5. The molecule has 0 atom stereocenters. The van der Waals surface area contributed by atoms with Crippen molar-refractivity contribution >= 4 is 43.3 Å². The third-order valence-corrected chi connectivity index (χ3v) is 5.71. The van der Waals surface area contributed by atoms with Crippen molar-refractivity contribution in [2.45, 2.75) is 10.8 Å². The van der Waals surface area contributed by atoms with E-state index >= 15 is 0 Å². The molecule has 0 fully saturated rings. The van der Waals surface area contributed by atoms with Gasteiger partial charge in [-0.05, 0) is 18.2 Å². The zero-order valence-corrected chi connectivity index (χ0v) is 13.4. The average Bonchev–Trinajstić information content (AvgIpc) is 2.90. The molecule has 21 heavy (non-hydrogen) atoms. The number of benzene rings is 1. The highest BCUT2D eigenvalue weighted by Gasteiger charge is 2.25. The first kappa shape index (κ1) is 16.0. The van der Waals surface area contributed by atoms with Crippen LogP contribution in [0.25, 0.3) is 0 Å². The second-order valence-corrected chi connectivity index (χ2v) is 7.59. The Labute approximate surface area is 131 Å². The van der Waals surface area contributed by atoms with Crippen LogP contribution < -0.4 is 4.72 Å².